The number of hydrogen-bond donors (Lipinski definition) is 2. The zero-order valence-corrected chi connectivity index (χ0v) is 7.80. The number of aromatic carboxylic acids is 1. The molecular weight excluding hydrogens is 186 g/mol. The Kier molecular flexibility index (Phi) is 2.59. The number of thiol groups is 1. The highest BCUT2D eigenvalue weighted by Crippen LogP contribution is 2.21. The molecule has 0 heterocycles. The average Bonchev–Trinajstić information content (AvgIpc) is 2.08. The summed E-state index contributed by atoms with van der Waals surface area (Å²) in [4.78, 5) is 11.1. The van der Waals surface area contributed by atoms with Gasteiger partial charge in [0.15, 0.2) is 0 Å². The summed E-state index contributed by atoms with van der Waals surface area (Å²) in [5.41, 5.74) is 0.869. The second kappa shape index (κ2) is 3.50. The Bertz CT molecular complexity index is 407. The van der Waals surface area contributed by atoms with E-state index in [4.69, 9.17) is 10.4 Å². The van der Waals surface area contributed by atoms with Gasteiger partial charge in [-0.3, -0.25) is 0 Å². The van der Waals surface area contributed by atoms with Crippen LogP contribution in [0.2, 0.25) is 0 Å². The maximum absolute atomic E-state index is 10.8. The molecule has 66 valence electrons. The minimum Gasteiger partial charge on any atom is -0.478 e. The summed E-state index contributed by atoms with van der Waals surface area (Å²) in [5, 5.41) is 17.4. The zero-order valence-electron chi connectivity index (χ0n) is 6.90. The third-order valence-electron chi connectivity index (χ3n) is 1.71. The monoisotopic (exact) mass is 193 g/mol. The Balaban J connectivity index is 3.53. The lowest BCUT2D eigenvalue weighted by molar-refractivity contribution is 0.0692. The van der Waals surface area contributed by atoms with Gasteiger partial charge in [0, 0.05) is 4.90 Å². The maximum Gasteiger partial charge on any atom is 0.338 e. The molecule has 0 saturated heterocycles. The number of rotatable bonds is 1. The van der Waals surface area contributed by atoms with E-state index < -0.39 is 5.97 Å². The first-order valence-corrected chi connectivity index (χ1v) is 3.98. The molecule has 0 fully saturated rings. The summed E-state index contributed by atoms with van der Waals surface area (Å²) in [7, 11) is 0. The van der Waals surface area contributed by atoms with Crippen molar-refractivity contribution < 1.29 is 9.90 Å². The highest BCUT2D eigenvalue weighted by atomic mass is 32.1. The van der Waals surface area contributed by atoms with Crippen LogP contribution in [0.4, 0.5) is 0 Å². The molecule has 0 saturated carbocycles. The van der Waals surface area contributed by atoms with E-state index in [-0.39, 0.29) is 11.1 Å². The van der Waals surface area contributed by atoms with Crippen LogP contribution in [0.5, 0.6) is 0 Å². The second-order valence-corrected chi connectivity index (χ2v) is 3.02. The molecule has 0 bridgehead atoms. The van der Waals surface area contributed by atoms with Crippen LogP contribution in [-0.4, -0.2) is 11.1 Å². The molecule has 1 aromatic carbocycles. The topological polar surface area (TPSA) is 61.1 Å². The number of nitriles is 1. The molecule has 0 aromatic heterocycles. The van der Waals surface area contributed by atoms with E-state index in [2.05, 4.69) is 12.6 Å². The average molecular weight is 193 g/mol. The van der Waals surface area contributed by atoms with Gasteiger partial charge in [-0.1, -0.05) is 6.07 Å². The van der Waals surface area contributed by atoms with Gasteiger partial charge in [-0.25, -0.2) is 4.79 Å². The molecule has 0 aliphatic heterocycles. The van der Waals surface area contributed by atoms with Gasteiger partial charge in [0.25, 0.3) is 0 Å². The zero-order chi connectivity index (χ0) is 10.0. The maximum atomic E-state index is 10.8. The van der Waals surface area contributed by atoms with Gasteiger partial charge in [0.2, 0.25) is 0 Å². The van der Waals surface area contributed by atoms with Gasteiger partial charge < -0.3 is 5.11 Å². The predicted octanol–water partition coefficient (Wildman–Crippen LogP) is 1.85. The van der Waals surface area contributed by atoms with Gasteiger partial charge >= 0.3 is 5.97 Å². The SMILES string of the molecule is Cc1ccc(C#N)c(C(=O)O)c1S. The first-order valence-electron chi connectivity index (χ1n) is 3.54. The molecule has 0 aliphatic carbocycles. The Hall–Kier alpha value is -1.47. The van der Waals surface area contributed by atoms with Crippen LogP contribution >= 0.6 is 12.6 Å². The fourth-order valence-corrected chi connectivity index (χ4v) is 1.30. The summed E-state index contributed by atoms with van der Waals surface area (Å²) in [6, 6.07) is 4.97. The van der Waals surface area contributed by atoms with Crippen molar-refractivity contribution in [2.45, 2.75) is 11.8 Å². The fourth-order valence-electron chi connectivity index (χ4n) is 1.00. The van der Waals surface area contributed by atoms with E-state index in [0.717, 1.165) is 5.56 Å². The van der Waals surface area contributed by atoms with Crippen LogP contribution in [0, 0.1) is 18.3 Å². The Morgan fingerprint density at radius 1 is 1.62 bits per heavy atom. The number of benzene rings is 1. The molecule has 1 N–H and O–H groups in total. The molecule has 4 heteroatoms. The van der Waals surface area contributed by atoms with Crippen molar-refractivity contribution in [3.05, 3.63) is 28.8 Å². The lowest BCUT2D eigenvalue weighted by Gasteiger charge is -2.04. The standard InChI is InChI=1S/C9H7NO2S/c1-5-2-3-6(4-10)7(8(5)13)9(11)12/h2-3,13H,1H3,(H,11,12). The lowest BCUT2D eigenvalue weighted by atomic mass is 10.1. The molecule has 0 atom stereocenters. The van der Waals surface area contributed by atoms with E-state index in [1.54, 1.807) is 13.0 Å². The lowest BCUT2D eigenvalue weighted by Crippen LogP contribution is -2.02. The second-order valence-electron chi connectivity index (χ2n) is 2.57. The van der Waals surface area contributed by atoms with Crippen molar-refractivity contribution in [1.82, 2.24) is 0 Å². The summed E-state index contributed by atoms with van der Waals surface area (Å²) >= 11 is 4.04. The van der Waals surface area contributed by atoms with Crippen molar-refractivity contribution in [3.8, 4) is 6.07 Å². The molecule has 0 amide bonds. The van der Waals surface area contributed by atoms with Gasteiger partial charge in [-0.2, -0.15) is 5.26 Å². The van der Waals surface area contributed by atoms with Crippen molar-refractivity contribution in [3.63, 3.8) is 0 Å². The first kappa shape index (κ1) is 9.62. The molecule has 13 heavy (non-hydrogen) atoms. The summed E-state index contributed by atoms with van der Waals surface area (Å²) < 4.78 is 0. The van der Waals surface area contributed by atoms with Gasteiger partial charge in [-0.15, -0.1) is 12.6 Å². The highest BCUT2D eigenvalue weighted by molar-refractivity contribution is 7.80. The van der Waals surface area contributed by atoms with Gasteiger partial charge in [-0.05, 0) is 18.6 Å². The number of hydrogen-bond acceptors (Lipinski definition) is 3. The molecule has 0 unspecified atom stereocenters. The molecule has 3 nitrogen and oxygen atoms in total. The smallest absolute Gasteiger partial charge is 0.338 e. The first-order chi connectivity index (χ1) is 6.07. The predicted molar refractivity (Wildman–Crippen MR) is 50.1 cm³/mol. The van der Waals surface area contributed by atoms with Crippen molar-refractivity contribution >= 4 is 18.6 Å². The van der Waals surface area contributed by atoms with Crippen LogP contribution in [-0.2, 0) is 0 Å². The van der Waals surface area contributed by atoms with Crippen molar-refractivity contribution in [2.24, 2.45) is 0 Å². The van der Waals surface area contributed by atoms with Crippen LogP contribution < -0.4 is 0 Å². The number of carboxylic acid groups (broad SMARTS) is 1. The number of aryl methyl sites for hydroxylation is 1. The number of carboxylic acids is 1. The number of nitrogens with zero attached hydrogens (tertiary/aromatic N) is 1. The Morgan fingerprint density at radius 2 is 2.23 bits per heavy atom. The third-order valence-corrected chi connectivity index (χ3v) is 2.29. The minimum atomic E-state index is -1.12. The Morgan fingerprint density at radius 3 is 2.69 bits per heavy atom. The van der Waals surface area contributed by atoms with Crippen LogP contribution in [0.1, 0.15) is 21.5 Å². The van der Waals surface area contributed by atoms with E-state index in [0.29, 0.717) is 4.90 Å². The fraction of sp³-hybridized carbons (Fsp3) is 0.111. The normalized spacial score (nSPS) is 9.31. The third kappa shape index (κ3) is 1.65. The van der Waals surface area contributed by atoms with Crippen LogP contribution in [0.3, 0.4) is 0 Å². The van der Waals surface area contributed by atoms with E-state index in [9.17, 15) is 4.79 Å². The summed E-state index contributed by atoms with van der Waals surface area (Å²) in [6.07, 6.45) is 0. The molecular formula is C9H7NO2S. The van der Waals surface area contributed by atoms with Gasteiger partial charge in [0.05, 0.1) is 11.1 Å². The molecule has 0 spiro atoms. The van der Waals surface area contributed by atoms with Crippen molar-refractivity contribution in [2.75, 3.05) is 0 Å². The van der Waals surface area contributed by atoms with E-state index >= 15 is 0 Å². The molecule has 0 aliphatic rings. The number of carbonyl (C=O) groups is 1. The molecule has 1 aromatic rings. The van der Waals surface area contributed by atoms with E-state index in [1.165, 1.54) is 6.07 Å². The summed E-state index contributed by atoms with van der Waals surface area (Å²) in [5.74, 6) is -1.12. The summed E-state index contributed by atoms with van der Waals surface area (Å²) in [6.45, 7) is 1.75. The molecule has 0 radical (unpaired) electrons. The van der Waals surface area contributed by atoms with Crippen molar-refractivity contribution in [1.29, 1.82) is 5.26 Å². The minimum absolute atomic E-state index is 0.0224. The van der Waals surface area contributed by atoms with Crippen LogP contribution in [0.25, 0.3) is 0 Å². The van der Waals surface area contributed by atoms with Crippen LogP contribution in [0.15, 0.2) is 17.0 Å². The quantitative estimate of drug-likeness (QED) is 0.669. The largest absolute Gasteiger partial charge is 0.478 e. The Labute approximate surface area is 81.0 Å². The van der Waals surface area contributed by atoms with Gasteiger partial charge in [0.1, 0.15) is 6.07 Å². The van der Waals surface area contributed by atoms with E-state index in [1.807, 2.05) is 6.07 Å². The molecule has 1 rings (SSSR count). The highest BCUT2D eigenvalue weighted by Gasteiger charge is 2.14.